The van der Waals surface area contributed by atoms with Crippen molar-refractivity contribution in [1.29, 1.82) is 0 Å². The molecule has 28 heavy (non-hydrogen) atoms. The highest BCUT2D eigenvalue weighted by molar-refractivity contribution is 5.80. The zero-order valence-corrected chi connectivity index (χ0v) is 16.7. The Hall–Kier alpha value is -2.03. The molecular formula is C25H29F3. The second-order valence-electron chi connectivity index (χ2n) is 8.08. The first kappa shape index (κ1) is 20.7. The number of allylic oxidation sites excluding steroid dienone is 1. The maximum atomic E-state index is 12.7. The SMILES string of the molecule is CCCC1CCC(c2ccc(/C=C(\C)c3ccc(C(F)(F)F)cc3)cc2)CC1. The van der Waals surface area contributed by atoms with Gasteiger partial charge in [0.15, 0.2) is 0 Å². The first-order chi connectivity index (χ1) is 13.4. The molecule has 1 aliphatic carbocycles. The predicted octanol–water partition coefficient (Wildman–Crippen LogP) is 8.34. The molecule has 0 atom stereocenters. The second-order valence-corrected chi connectivity index (χ2v) is 8.08. The van der Waals surface area contributed by atoms with Gasteiger partial charge >= 0.3 is 6.18 Å². The molecule has 0 unspecified atom stereocenters. The van der Waals surface area contributed by atoms with E-state index in [0.717, 1.165) is 34.8 Å². The van der Waals surface area contributed by atoms with Crippen molar-refractivity contribution in [3.05, 3.63) is 70.8 Å². The highest BCUT2D eigenvalue weighted by Crippen LogP contribution is 2.37. The Morgan fingerprint density at radius 2 is 1.54 bits per heavy atom. The van der Waals surface area contributed by atoms with Gasteiger partial charge in [-0.2, -0.15) is 13.2 Å². The molecule has 1 aliphatic rings. The molecule has 1 saturated carbocycles. The van der Waals surface area contributed by atoms with E-state index in [1.165, 1.54) is 56.2 Å². The van der Waals surface area contributed by atoms with Crippen LogP contribution in [0.15, 0.2) is 48.5 Å². The average molecular weight is 387 g/mol. The fraction of sp³-hybridized carbons (Fsp3) is 0.440. The molecule has 0 heterocycles. The van der Waals surface area contributed by atoms with Crippen molar-refractivity contribution in [3.63, 3.8) is 0 Å². The van der Waals surface area contributed by atoms with Crippen molar-refractivity contribution in [1.82, 2.24) is 0 Å². The molecule has 1 fully saturated rings. The topological polar surface area (TPSA) is 0 Å². The van der Waals surface area contributed by atoms with E-state index < -0.39 is 11.7 Å². The van der Waals surface area contributed by atoms with Crippen LogP contribution < -0.4 is 0 Å². The minimum atomic E-state index is -4.29. The molecule has 0 N–H and O–H groups in total. The van der Waals surface area contributed by atoms with Gasteiger partial charge in [0.25, 0.3) is 0 Å². The van der Waals surface area contributed by atoms with Gasteiger partial charge in [0.05, 0.1) is 5.56 Å². The van der Waals surface area contributed by atoms with Crippen molar-refractivity contribution >= 4 is 11.6 Å². The summed E-state index contributed by atoms with van der Waals surface area (Å²) in [5, 5.41) is 0. The summed E-state index contributed by atoms with van der Waals surface area (Å²) >= 11 is 0. The van der Waals surface area contributed by atoms with Crippen LogP contribution in [0.25, 0.3) is 11.6 Å². The van der Waals surface area contributed by atoms with Gasteiger partial charge < -0.3 is 0 Å². The molecule has 0 radical (unpaired) electrons. The molecule has 0 saturated heterocycles. The highest BCUT2D eigenvalue weighted by Gasteiger charge is 2.30. The van der Waals surface area contributed by atoms with E-state index in [1.54, 1.807) is 0 Å². The van der Waals surface area contributed by atoms with E-state index in [4.69, 9.17) is 0 Å². The van der Waals surface area contributed by atoms with E-state index in [9.17, 15) is 13.2 Å². The fourth-order valence-corrected chi connectivity index (χ4v) is 4.31. The van der Waals surface area contributed by atoms with E-state index in [-0.39, 0.29) is 0 Å². The normalized spacial score (nSPS) is 21.0. The standard InChI is InChI=1S/C25H29F3/c1-3-4-19-5-9-22(10-6-19)23-11-7-20(8-12-23)17-18(2)21-13-15-24(16-14-21)25(26,27)28/h7-8,11-17,19,22H,3-6,9-10H2,1-2H3/b18-17+. The van der Waals surface area contributed by atoms with Gasteiger partial charge in [0.2, 0.25) is 0 Å². The predicted molar refractivity (Wildman–Crippen MR) is 111 cm³/mol. The van der Waals surface area contributed by atoms with Crippen molar-refractivity contribution in [3.8, 4) is 0 Å². The molecule has 3 heteroatoms. The molecule has 0 aliphatic heterocycles. The van der Waals surface area contributed by atoms with Gasteiger partial charge in [-0.05, 0) is 78.8 Å². The lowest BCUT2D eigenvalue weighted by molar-refractivity contribution is -0.137. The lowest BCUT2D eigenvalue weighted by Crippen LogP contribution is -2.13. The lowest BCUT2D eigenvalue weighted by atomic mass is 9.77. The average Bonchev–Trinajstić information content (AvgIpc) is 2.69. The smallest absolute Gasteiger partial charge is 0.166 e. The minimum absolute atomic E-state index is 0.609. The van der Waals surface area contributed by atoms with Gasteiger partial charge in [-0.25, -0.2) is 0 Å². The lowest BCUT2D eigenvalue weighted by Gasteiger charge is -2.28. The third-order valence-electron chi connectivity index (χ3n) is 6.00. The summed E-state index contributed by atoms with van der Waals surface area (Å²) < 4.78 is 38.1. The number of hydrogen-bond acceptors (Lipinski definition) is 0. The Morgan fingerprint density at radius 1 is 0.929 bits per heavy atom. The molecule has 0 amide bonds. The minimum Gasteiger partial charge on any atom is -0.166 e. The van der Waals surface area contributed by atoms with Crippen LogP contribution in [0, 0.1) is 5.92 Å². The molecule has 3 rings (SSSR count). The number of alkyl halides is 3. The molecule has 0 bridgehead atoms. The van der Waals surface area contributed by atoms with E-state index in [2.05, 4.69) is 31.2 Å². The van der Waals surface area contributed by atoms with Crippen molar-refractivity contribution in [2.75, 3.05) is 0 Å². The van der Waals surface area contributed by atoms with Gasteiger partial charge in [-0.1, -0.05) is 62.2 Å². The first-order valence-corrected chi connectivity index (χ1v) is 10.3. The van der Waals surface area contributed by atoms with Crippen LogP contribution in [0.5, 0.6) is 0 Å². The quantitative estimate of drug-likeness (QED) is 0.453. The molecule has 0 aromatic heterocycles. The summed E-state index contributed by atoms with van der Waals surface area (Å²) in [6, 6.07) is 14.1. The summed E-state index contributed by atoms with van der Waals surface area (Å²) in [6.07, 6.45) is 5.63. The number of halogens is 3. The summed E-state index contributed by atoms with van der Waals surface area (Å²) in [5.74, 6) is 1.58. The first-order valence-electron chi connectivity index (χ1n) is 10.3. The fourth-order valence-electron chi connectivity index (χ4n) is 4.31. The highest BCUT2D eigenvalue weighted by atomic mass is 19.4. The van der Waals surface area contributed by atoms with Crippen LogP contribution in [-0.4, -0.2) is 0 Å². The molecule has 150 valence electrons. The summed E-state index contributed by atoms with van der Waals surface area (Å²) in [4.78, 5) is 0. The monoisotopic (exact) mass is 386 g/mol. The van der Waals surface area contributed by atoms with Crippen LogP contribution in [0.1, 0.15) is 80.5 Å². The number of benzene rings is 2. The molecule has 0 nitrogen and oxygen atoms in total. The largest absolute Gasteiger partial charge is 0.416 e. The molecule has 2 aromatic rings. The zero-order valence-electron chi connectivity index (χ0n) is 16.7. The van der Waals surface area contributed by atoms with Crippen LogP contribution >= 0.6 is 0 Å². The molecule has 2 aromatic carbocycles. The Labute approximate surface area is 166 Å². The van der Waals surface area contributed by atoms with Crippen molar-refractivity contribution in [2.24, 2.45) is 5.92 Å². The van der Waals surface area contributed by atoms with Crippen LogP contribution in [0.3, 0.4) is 0 Å². The molecule has 0 spiro atoms. The third kappa shape index (κ3) is 5.27. The maximum Gasteiger partial charge on any atom is 0.416 e. The van der Waals surface area contributed by atoms with Crippen LogP contribution in [-0.2, 0) is 6.18 Å². The summed E-state index contributed by atoms with van der Waals surface area (Å²) in [6.45, 7) is 4.20. The second kappa shape index (κ2) is 8.98. The number of hydrogen-bond donors (Lipinski definition) is 0. The van der Waals surface area contributed by atoms with E-state index >= 15 is 0 Å². The maximum absolute atomic E-state index is 12.7. The zero-order chi connectivity index (χ0) is 20.1. The van der Waals surface area contributed by atoms with Crippen molar-refractivity contribution < 1.29 is 13.2 Å². The Kier molecular flexibility index (Phi) is 6.64. The third-order valence-corrected chi connectivity index (χ3v) is 6.00. The van der Waals surface area contributed by atoms with Gasteiger partial charge in [-0.15, -0.1) is 0 Å². The van der Waals surface area contributed by atoms with E-state index in [0.29, 0.717) is 5.92 Å². The Bertz CT molecular complexity index is 774. The van der Waals surface area contributed by atoms with Gasteiger partial charge in [0.1, 0.15) is 0 Å². The summed E-state index contributed by atoms with van der Waals surface area (Å²) in [5.41, 5.74) is 3.66. The number of rotatable bonds is 5. The molecular weight excluding hydrogens is 357 g/mol. The van der Waals surface area contributed by atoms with Crippen LogP contribution in [0.2, 0.25) is 0 Å². The van der Waals surface area contributed by atoms with Gasteiger partial charge in [-0.3, -0.25) is 0 Å². The van der Waals surface area contributed by atoms with Crippen LogP contribution in [0.4, 0.5) is 13.2 Å². The summed E-state index contributed by atoms with van der Waals surface area (Å²) in [7, 11) is 0. The van der Waals surface area contributed by atoms with E-state index in [1.807, 2.05) is 13.0 Å². The van der Waals surface area contributed by atoms with Crippen molar-refractivity contribution in [2.45, 2.75) is 64.5 Å². The van der Waals surface area contributed by atoms with Gasteiger partial charge in [0, 0.05) is 0 Å². The Morgan fingerprint density at radius 3 is 2.07 bits per heavy atom. The Balaban J connectivity index is 1.65.